The zero-order valence-electron chi connectivity index (χ0n) is 9.18. The molecule has 0 amide bonds. The molecule has 2 aromatic rings. The first-order valence-corrected chi connectivity index (χ1v) is 5.81. The minimum atomic E-state index is -0.659. The maximum atomic E-state index is 10.1. The van der Waals surface area contributed by atoms with Crippen LogP contribution in [0.4, 0.5) is 0 Å². The largest absolute Gasteiger partial charge is 0.382 e. The SMILES string of the molecule is Cc1cc(C(O)c2ccn(C)n2)ccc1Br. The Morgan fingerprint density at radius 3 is 2.69 bits per heavy atom. The molecular formula is C12H13BrN2O. The predicted octanol–water partition coefficient (Wildman–Crippen LogP) is 2.57. The number of hydrogen-bond acceptors (Lipinski definition) is 2. The van der Waals surface area contributed by atoms with Crippen LogP contribution >= 0.6 is 15.9 Å². The lowest BCUT2D eigenvalue weighted by Crippen LogP contribution is -2.02. The lowest BCUT2D eigenvalue weighted by molar-refractivity contribution is 0.214. The highest BCUT2D eigenvalue weighted by Crippen LogP contribution is 2.24. The van der Waals surface area contributed by atoms with Gasteiger partial charge in [-0.05, 0) is 30.2 Å². The van der Waals surface area contributed by atoms with E-state index in [1.165, 1.54) is 0 Å². The van der Waals surface area contributed by atoms with Crippen LogP contribution in [-0.2, 0) is 7.05 Å². The van der Waals surface area contributed by atoms with Gasteiger partial charge in [-0.2, -0.15) is 5.10 Å². The van der Waals surface area contributed by atoms with Crippen LogP contribution in [0.5, 0.6) is 0 Å². The van der Waals surface area contributed by atoms with Crippen LogP contribution in [0.15, 0.2) is 34.9 Å². The molecule has 1 atom stereocenters. The van der Waals surface area contributed by atoms with E-state index in [1.54, 1.807) is 4.68 Å². The summed E-state index contributed by atoms with van der Waals surface area (Å²) in [5.41, 5.74) is 2.64. The van der Waals surface area contributed by atoms with Crippen molar-refractivity contribution in [2.75, 3.05) is 0 Å². The van der Waals surface area contributed by atoms with Crippen LogP contribution in [-0.4, -0.2) is 14.9 Å². The normalized spacial score (nSPS) is 12.8. The van der Waals surface area contributed by atoms with E-state index in [0.29, 0.717) is 5.69 Å². The Bertz CT molecular complexity index is 507. The number of aliphatic hydroxyl groups excluding tert-OH is 1. The van der Waals surface area contributed by atoms with Crippen molar-refractivity contribution < 1.29 is 5.11 Å². The van der Waals surface area contributed by atoms with Crippen LogP contribution in [0, 0.1) is 6.92 Å². The van der Waals surface area contributed by atoms with E-state index in [0.717, 1.165) is 15.6 Å². The third kappa shape index (κ3) is 2.18. The molecule has 0 bridgehead atoms. The van der Waals surface area contributed by atoms with Gasteiger partial charge in [-0.25, -0.2) is 0 Å². The molecular weight excluding hydrogens is 268 g/mol. The molecule has 0 radical (unpaired) electrons. The number of aryl methyl sites for hydroxylation is 2. The number of aliphatic hydroxyl groups is 1. The average molecular weight is 281 g/mol. The number of benzene rings is 1. The summed E-state index contributed by atoms with van der Waals surface area (Å²) in [6.07, 6.45) is 1.16. The monoisotopic (exact) mass is 280 g/mol. The molecule has 1 aromatic carbocycles. The highest BCUT2D eigenvalue weighted by molar-refractivity contribution is 9.10. The molecule has 16 heavy (non-hydrogen) atoms. The molecule has 0 spiro atoms. The molecule has 3 nitrogen and oxygen atoms in total. The quantitative estimate of drug-likeness (QED) is 0.918. The van der Waals surface area contributed by atoms with Crippen LogP contribution in [0.1, 0.15) is 22.9 Å². The summed E-state index contributed by atoms with van der Waals surface area (Å²) in [5.74, 6) is 0. The Hall–Kier alpha value is -1.13. The van der Waals surface area contributed by atoms with E-state index in [9.17, 15) is 5.11 Å². The van der Waals surface area contributed by atoms with Crippen LogP contribution in [0.25, 0.3) is 0 Å². The molecule has 1 aromatic heterocycles. The zero-order valence-corrected chi connectivity index (χ0v) is 10.8. The van der Waals surface area contributed by atoms with Gasteiger partial charge in [0.25, 0.3) is 0 Å². The van der Waals surface area contributed by atoms with Gasteiger partial charge < -0.3 is 5.11 Å². The van der Waals surface area contributed by atoms with Gasteiger partial charge in [0.2, 0.25) is 0 Å². The van der Waals surface area contributed by atoms with Gasteiger partial charge in [0.15, 0.2) is 0 Å². The van der Waals surface area contributed by atoms with E-state index < -0.39 is 6.10 Å². The van der Waals surface area contributed by atoms with Crippen molar-refractivity contribution in [2.45, 2.75) is 13.0 Å². The third-order valence-corrected chi connectivity index (χ3v) is 3.40. The van der Waals surface area contributed by atoms with Crippen molar-refractivity contribution >= 4 is 15.9 Å². The number of halogens is 1. The van der Waals surface area contributed by atoms with E-state index in [2.05, 4.69) is 21.0 Å². The maximum absolute atomic E-state index is 10.1. The first-order valence-electron chi connectivity index (χ1n) is 5.01. The van der Waals surface area contributed by atoms with Crippen molar-refractivity contribution in [1.82, 2.24) is 9.78 Å². The van der Waals surface area contributed by atoms with Crippen LogP contribution in [0.2, 0.25) is 0 Å². The summed E-state index contributed by atoms with van der Waals surface area (Å²) >= 11 is 3.44. The van der Waals surface area contributed by atoms with Crippen molar-refractivity contribution in [3.8, 4) is 0 Å². The third-order valence-electron chi connectivity index (χ3n) is 2.51. The summed E-state index contributed by atoms with van der Waals surface area (Å²) in [7, 11) is 1.84. The molecule has 0 aliphatic rings. The second kappa shape index (κ2) is 4.39. The number of aromatic nitrogens is 2. The van der Waals surface area contributed by atoms with Crippen molar-refractivity contribution in [1.29, 1.82) is 0 Å². The van der Waals surface area contributed by atoms with Gasteiger partial charge >= 0.3 is 0 Å². The smallest absolute Gasteiger partial charge is 0.123 e. The molecule has 0 aliphatic carbocycles. The van der Waals surface area contributed by atoms with Crippen molar-refractivity contribution in [3.63, 3.8) is 0 Å². The summed E-state index contributed by atoms with van der Waals surface area (Å²) < 4.78 is 2.73. The van der Waals surface area contributed by atoms with Crippen LogP contribution in [0.3, 0.4) is 0 Å². The van der Waals surface area contributed by atoms with Crippen LogP contribution < -0.4 is 0 Å². The molecule has 0 fully saturated rings. The fraction of sp³-hybridized carbons (Fsp3) is 0.250. The molecule has 1 N–H and O–H groups in total. The molecule has 2 rings (SSSR count). The average Bonchev–Trinajstić information content (AvgIpc) is 2.68. The molecule has 84 valence electrons. The van der Waals surface area contributed by atoms with Gasteiger partial charge in [0.05, 0.1) is 5.69 Å². The summed E-state index contributed by atoms with van der Waals surface area (Å²) in [6, 6.07) is 7.62. The minimum absolute atomic E-state index is 0.659. The van der Waals surface area contributed by atoms with E-state index in [1.807, 2.05) is 44.4 Å². The minimum Gasteiger partial charge on any atom is -0.382 e. The van der Waals surface area contributed by atoms with Crippen molar-refractivity contribution in [2.24, 2.45) is 7.05 Å². The van der Waals surface area contributed by atoms with E-state index in [4.69, 9.17) is 0 Å². The van der Waals surface area contributed by atoms with Gasteiger partial charge in [-0.3, -0.25) is 4.68 Å². The summed E-state index contributed by atoms with van der Waals surface area (Å²) in [4.78, 5) is 0. The Balaban J connectivity index is 2.33. The first kappa shape index (κ1) is 11.4. The van der Waals surface area contributed by atoms with Gasteiger partial charge in [-0.1, -0.05) is 28.1 Å². The molecule has 0 saturated heterocycles. The van der Waals surface area contributed by atoms with Gasteiger partial charge in [0, 0.05) is 17.7 Å². The van der Waals surface area contributed by atoms with E-state index >= 15 is 0 Å². The lowest BCUT2D eigenvalue weighted by atomic mass is 10.0. The fourth-order valence-corrected chi connectivity index (χ4v) is 1.83. The highest BCUT2D eigenvalue weighted by atomic mass is 79.9. The molecule has 0 aliphatic heterocycles. The lowest BCUT2D eigenvalue weighted by Gasteiger charge is -2.09. The topological polar surface area (TPSA) is 38.0 Å². The maximum Gasteiger partial charge on any atom is 0.123 e. The van der Waals surface area contributed by atoms with E-state index in [-0.39, 0.29) is 0 Å². The Labute approximate surface area is 103 Å². The molecule has 1 unspecified atom stereocenters. The Morgan fingerprint density at radius 1 is 1.38 bits per heavy atom. The standard InChI is InChI=1S/C12H13BrN2O/c1-8-7-9(3-4-10(8)13)12(16)11-5-6-15(2)14-11/h3-7,12,16H,1-2H3. The predicted molar refractivity (Wildman–Crippen MR) is 66.1 cm³/mol. The Kier molecular flexibility index (Phi) is 3.12. The fourth-order valence-electron chi connectivity index (χ4n) is 1.59. The Morgan fingerprint density at radius 2 is 2.12 bits per heavy atom. The zero-order chi connectivity index (χ0) is 11.7. The van der Waals surface area contributed by atoms with Crippen molar-refractivity contribution in [3.05, 3.63) is 51.8 Å². The van der Waals surface area contributed by atoms with Gasteiger partial charge in [0.1, 0.15) is 6.10 Å². The second-order valence-electron chi connectivity index (χ2n) is 3.83. The van der Waals surface area contributed by atoms with Gasteiger partial charge in [-0.15, -0.1) is 0 Å². The number of rotatable bonds is 2. The number of nitrogens with zero attached hydrogens (tertiary/aromatic N) is 2. The first-order chi connectivity index (χ1) is 7.58. The molecule has 1 heterocycles. The molecule has 0 saturated carbocycles. The second-order valence-corrected chi connectivity index (χ2v) is 4.68. The highest BCUT2D eigenvalue weighted by Gasteiger charge is 2.13. The summed E-state index contributed by atoms with van der Waals surface area (Å²) in [5, 5.41) is 14.3. The summed E-state index contributed by atoms with van der Waals surface area (Å²) in [6.45, 7) is 2.00. The number of hydrogen-bond donors (Lipinski definition) is 1. The molecule has 4 heteroatoms.